The van der Waals surface area contributed by atoms with Crippen LogP contribution in [0, 0.1) is 6.92 Å². The molecule has 182 valence electrons. The topological polar surface area (TPSA) is 103 Å². The molecule has 3 rings (SSSR count). The maximum Gasteiger partial charge on any atom is 0.318 e. The Hall–Kier alpha value is -2.54. The van der Waals surface area contributed by atoms with Crippen molar-refractivity contribution in [1.82, 2.24) is 5.09 Å². The number of fused-ring (bicyclic) bond motifs is 1. The molecule has 0 bridgehead atoms. The van der Waals surface area contributed by atoms with Gasteiger partial charge in [0.1, 0.15) is 5.75 Å². The zero-order chi connectivity index (χ0) is 24.4. The summed E-state index contributed by atoms with van der Waals surface area (Å²) in [5, 5.41) is 15.2. The molecule has 0 heterocycles. The molecule has 0 fully saturated rings. The van der Waals surface area contributed by atoms with E-state index in [0.717, 1.165) is 22.8 Å². The third kappa shape index (κ3) is 7.76. The molecule has 2 atom stereocenters. The predicted molar refractivity (Wildman–Crippen MR) is 136 cm³/mol. The van der Waals surface area contributed by atoms with Crippen molar-refractivity contribution in [2.75, 3.05) is 26.9 Å². The van der Waals surface area contributed by atoms with Crippen LogP contribution in [-0.4, -0.2) is 43.5 Å². The summed E-state index contributed by atoms with van der Waals surface area (Å²) in [5.41, 5.74) is 7.90. The molecule has 0 aliphatic rings. The fourth-order valence-electron chi connectivity index (χ4n) is 3.35. The van der Waals surface area contributed by atoms with Crippen molar-refractivity contribution in [2.45, 2.75) is 31.7 Å². The Morgan fingerprint density at radius 3 is 2.56 bits per heavy atom. The van der Waals surface area contributed by atoms with E-state index in [9.17, 15) is 9.90 Å². The highest BCUT2D eigenvalue weighted by Gasteiger charge is 2.27. The van der Waals surface area contributed by atoms with Crippen LogP contribution in [0.3, 0.4) is 0 Å². The Morgan fingerprint density at radius 1 is 1.09 bits per heavy atom. The highest BCUT2D eigenvalue weighted by Crippen LogP contribution is 2.39. The number of aliphatic hydroxyl groups is 1. The van der Waals surface area contributed by atoms with Crippen molar-refractivity contribution in [3.05, 3.63) is 77.9 Å². The number of hydrogen-bond acceptors (Lipinski definition) is 7. The highest BCUT2D eigenvalue weighted by molar-refractivity contribution is 7.45. The number of ether oxygens (including phenoxy) is 1. The van der Waals surface area contributed by atoms with Crippen molar-refractivity contribution in [2.24, 2.45) is 5.73 Å². The van der Waals surface area contributed by atoms with Crippen LogP contribution in [0.15, 0.2) is 66.7 Å². The lowest BCUT2D eigenvalue weighted by atomic mass is 9.94. The fraction of sp³-hybridized carbons (Fsp3) is 0.346. The van der Waals surface area contributed by atoms with Gasteiger partial charge in [-0.2, -0.15) is 0 Å². The van der Waals surface area contributed by atoms with Gasteiger partial charge in [0.15, 0.2) is 0 Å². The molecule has 0 amide bonds. The SMILES string of the molecule is COC(=O)CCNP(OCC(N)(CO)CCc1ccc(C)cc1)Oc1cccc2ccccc12. The van der Waals surface area contributed by atoms with Gasteiger partial charge in [-0.15, -0.1) is 0 Å². The zero-order valence-electron chi connectivity index (χ0n) is 19.7. The summed E-state index contributed by atoms with van der Waals surface area (Å²) in [6, 6.07) is 22.0. The Bertz CT molecular complexity index is 1060. The molecule has 8 heteroatoms. The van der Waals surface area contributed by atoms with E-state index in [1.165, 1.54) is 12.7 Å². The van der Waals surface area contributed by atoms with Crippen LogP contribution in [0.1, 0.15) is 24.0 Å². The first-order valence-electron chi connectivity index (χ1n) is 11.3. The molecule has 0 aliphatic heterocycles. The van der Waals surface area contributed by atoms with E-state index < -0.39 is 14.1 Å². The van der Waals surface area contributed by atoms with Crippen LogP contribution < -0.4 is 15.3 Å². The number of aryl methyl sites for hydroxylation is 2. The van der Waals surface area contributed by atoms with Crippen molar-refractivity contribution in [1.29, 1.82) is 0 Å². The quantitative estimate of drug-likeness (QED) is 0.246. The average molecular weight is 485 g/mol. The normalized spacial score (nSPS) is 13.9. The molecule has 0 radical (unpaired) electrons. The Morgan fingerprint density at radius 2 is 1.82 bits per heavy atom. The molecule has 4 N–H and O–H groups in total. The molecule has 0 aromatic heterocycles. The standard InChI is InChI=1S/C26H33N2O5P/c1-20-10-12-21(13-11-20)14-16-26(27,18-29)19-32-34(28-17-15-25(30)31-2)33-24-9-5-7-22-6-3-4-8-23(22)24/h3-13,28-29H,14-19,27H2,1-2H3. The number of nitrogens with one attached hydrogen (secondary N) is 1. The number of benzene rings is 3. The minimum Gasteiger partial charge on any atom is -0.469 e. The minimum absolute atomic E-state index is 0.0943. The summed E-state index contributed by atoms with van der Waals surface area (Å²) in [6.45, 7) is 2.24. The first-order valence-corrected chi connectivity index (χ1v) is 12.4. The smallest absolute Gasteiger partial charge is 0.318 e. The molecule has 3 aromatic carbocycles. The molecule has 3 aromatic rings. The highest BCUT2D eigenvalue weighted by atomic mass is 31.2. The third-order valence-corrected chi connectivity index (χ3v) is 6.75. The van der Waals surface area contributed by atoms with E-state index in [2.05, 4.69) is 29.4 Å². The van der Waals surface area contributed by atoms with Gasteiger partial charge in [0.05, 0.1) is 32.3 Å². The van der Waals surface area contributed by atoms with Gasteiger partial charge in [-0.25, -0.2) is 5.09 Å². The summed E-state index contributed by atoms with van der Waals surface area (Å²) in [7, 11) is -0.281. The lowest BCUT2D eigenvalue weighted by molar-refractivity contribution is -0.140. The molecule has 7 nitrogen and oxygen atoms in total. The van der Waals surface area contributed by atoms with Crippen molar-refractivity contribution < 1.29 is 23.7 Å². The Kier molecular flexibility index (Phi) is 9.81. The van der Waals surface area contributed by atoms with E-state index >= 15 is 0 Å². The van der Waals surface area contributed by atoms with Gasteiger partial charge in [-0.3, -0.25) is 4.79 Å². The van der Waals surface area contributed by atoms with Crippen molar-refractivity contribution in [3.63, 3.8) is 0 Å². The molecular formula is C26H33N2O5P. The maximum atomic E-state index is 11.5. The van der Waals surface area contributed by atoms with Gasteiger partial charge >= 0.3 is 14.5 Å². The van der Waals surface area contributed by atoms with E-state index in [-0.39, 0.29) is 25.6 Å². The number of hydrogen-bond donors (Lipinski definition) is 3. The van der Waals surface area contributed by atoms with Gasteiger partial charge in [0.25, 0.3) is 0 Å². The van der Waals surface area contributed by atoms with Crippen LogP contribution in [-0.2, 0) is 20.5 Å². The zero-order valence-corrected chi connectivity index (χ0v) is 20.6. The Balaban J connectivity index is 1.67. The molecule has 0 spiro atoms. The van der Waals surface area contributed by atoms with Crippen LogP contribution in [0.25, 0.3) is 10.8 Å². The third-order valence-electron chi connectivity index (χ3n) is 5.54. The summed E-state index contributed by atoms with van der Waals surface area (Å²) in [4.78, 5) is 11.5. The maximum absolute atomic E-state index is 11.5. The van der Waals surface area contributed by atoms with Gasteiger partial charge in [-0.1, -0.05) is 66.2 Å². The molecule has 34 heavy (non-hydrogen) atoms. The number of methoxy groups -OCH3 is 1. The van der Waals surface area contributed by atoms with Gasteiger partial charge in [0, 0.05) is 11.9 Å². The second-order valence-corrected chi connectivity index (χ2v) is 9.61. The minimum atomic E-state index is -1.63. The van der Waals surface area contributed by atoms with Crippen LogP contribution in [0.5, 0.6) is 5.75 Å². The fourth-order valence-corrected chi connectivity index (χ4v) is 4.57. The number of rotatable bonds is 13. The van der Waals surface area contributed by atoms with Crippen LogP contribution in [0.4, 0.5) is 0 Å². The predicted octanol–water partition coefficient (Wildman–Crippen LogP) is 4.25. The lowest BCUT2D eigenvalue weighted by Gasteiger charge is -2.29. The van der Waals surface area contributed by atoms with E-state index in [0.29, 0.717) is 18.7 Å². The molecule has 0 aliphatic carbocycles. The van der Waals surface area contributed by atoms with Gasteiger partial charge in [0.2, 0.25) is 0 Å². The van der Waals surface area contributed by atoms with E-state index in [1.54, 1.807) is 0 Å². The van der Waals surface area contributed by atoms with Crippen molar-refractivity contribution in [3.8, 4) is 5.75 Å². The second kappa shape index (κ2) is 12.8. The molecular weight excluding hydrogens is 451 g/mol. The summed E-state index contributed by atoms with van der Waals surface area (Å²) >= 11 is 0. The monoisotopic (exact) mass is 484 g/mol. The summed E-state index contributed by atoms with van der Waals surface area (Å²) < 4.78 is 17.0. The largest absolute Gasteiger partial charge is 0.469 e. The first kappa shape index (κ1) is 26.1. The van der Waals surface area contributed by atoms with Crippen LogP contribution in [0.2, 0.25) is 0 Å². The molecule has 2 unspecified atom stereocenters. The van der Waals surface area contributed by atoms with Crippen molar-refractivity contribution >= 4 is 25.3 Å². The van der Waals surface area contributed by atoms with Gasteiger partial charge < -0.3 is 24.6 Å². The molecule has 0 saturated carbocycles. The average Bonchev–Trinajstić information content (AvgIpc) is 2.87. The molecule has 0 saturated heterocycles. The summed E-state index contributed by atoms with van der Waals surface area (Å²) in [5.74, 6) is 0.343. The number of esters is 1. The number of aliphatic hydroxyl groups excluding tert-OH is 1. The lowest BCUT2D eigenvalue weighted by Crippen LogP contribution is -2.48. The van der Waals surface area contributed by atoms with E-state index in [1.807, 2.05) is 49.4 Å². The number of carbonyl (C=O) groups is 1. The van der Waals surface area contributed by atoms with Gasteiger partial charge in [-0.05, 0) is 36.8 Å². The summed E-state index contributed by atoms with van der Waals surface area (Å²) in [6.07, 6.45) is 1.45. The second-order valence-electron chi connectivity index (χ2n) is 8.34. The Labute approximate surface area is 202 Å². The van der Waals surface area contributed by atoms with E-state index in [4.69, 9.17) is 19.5 Å². The first-order chi connectivity index (χ1) is 16.4. The number of carbonyl (C=O) groups excluding carboxylic acids is 1. The van der Waals surface area contributed by atoms with Crippen LogP contribution >= 0.6 is 8.53 Å². The number of nitrogens with two attached hydrogens (primary N) is 1.